The first-order valence-electron chi connectivity index (χ1n) is 7.30. The fraction of sp³-hybridized carbons (Fsp3) is 0.118. The second-order valence-corrected chi connectivity index (χ2v) is 6.41. The summed E-state index contributed by atoms with van der Waals surface area (Å²) >= 11 is 9.11. The third-order valence-electron chi connectivity index (χ3n) is 3.07. The molecule has 0 atom stereocenters. The van der Waals surface area contributed by atoms with E-state index in [9.17, 15) is 14.7 Å². The summed E-state index contributed by atoms with van der Waals surface area (Å²) in [5.41, 5.74) is 3.33. The fourth-order valence-corrected chi connectivity index (χ4v) is 2.44. The second kappa shape index (κ2) is 9.19. The molecule has 0 saturated heterocycles. The van der Waals surface area contributed by atoms with Crippen molar-refractivity contribution in [3.05, 3.63) is 57.5 Å². The van der Waals surface area contributed by atoms with E-state index < -0.39 is 5.91 Å². The number of rotatable bonds is 6. The number of amides is 2. The van der Waals surface area contributed by atoms with Crippen molar-refractivity contribution in [3.63, 3.8) is 0 Å². The minimum Gasteiger partial charge on any atom is -0.507 e. The van der Waals surface area contributed by atoms with Crippen LogP contribution in [0, 0.1) is 0 Å². The highest BCUT2D eigenvalue weighted by molar-refractivity contribution is 9.10. The number of halogens is 2. The van der Waals surface area contributed by atoms with Crippen LogP contribution in [0.4, 0.5) is 5.69 Å². The van der Waals surface area contributed by atoms with Crippen LogP contribution in [0.3, 0.4) is 0 Å². The van der Waals surface area contributed by atoms with E-state index >= 15 is 0 Å². The number of aromatic hydroxyl groups is 1. The van der Waals surface area contributed by atoms with Crippen molar-refractivity contribution in [2.75, 3.05) is 5.32 Å². The van der Waals surface area contributed by atoms with Crippen LogP contribution >= 0.6 is 27.5 Å². The lowest BCUT2D eigenvalue weighted by atomic mass is 10.2. The van der Waals surface area contributed by atoms with Gasteiger partial charge in [0.25, 0.3) is 0 Å². The van der Waals surface area contributed by atoms with Gasteiger partial charge in [0.2, 0.25) is 11.8 Å². The molecule has 0 saturated carbocycles. The molecule has 8 heteroatoms. The minimum absolute atomic E-state index is 0.00992. The monoisotopic (exact) mass is 423 g/mol. The third kappa shape index (κ3) is 6.56. The van der Waals surface area contributed by atoms with E-state index in [2.05, 4.69) is 31.8 Å². The van der Waals surface area contributed by atoms with E-state index in [4.69, 9.17) is 11.6 Å². The Bertz CT molecular complexity index is 811. The number of hydrogen-bond donors (Lipinski definition) is 3. The zero-order valence-electron chi connectivity index (χ0n) is 13.0. The Morgan fingerprint density at radius 1 is 1.16 bits per heavy atom. The molecule has 6 nitrogen and oxygen atoms in total. The molecule has 3 N–H and O–H groups in total. The van der Waals surface area contributed by atoms with Crippen molar-refractivity contribution in [1.82, 2.24) is 5.43 Å². The summed E-state index contributed by atoms with van der Waals surface area (Å²) in [7, 11) is 0. The largest absolute Gasteiger partial charge is 0.507 e. The Labute approximate surface area is 158 Å². The SMILES string of the molecule is O=C(CCC(=O)Nc1cccc(Cl)c1)NN=Cc1cc(Br)ccc1O. The average Bonchev–Trinajstić information content (AvgIpc) is 2.56. The molecule has 0 spiro atoms. The van der Waals surface area contributed by atoms with Crippen LogP contribution in [0.5, 0.6) is 5.75 Å². The number of anilines is 1. The van der Waals surface area contributed by atoms with Crippen LogP contribution in [0.1, 0.15) is 18.4 Å². The Hall–Kier alpha value is -2.38. The molecule has 2 rings (SSSR count). The number of benzene rings is 2. The summed E-state index contributed by atoms with van der Waals surface area (Å²) in [4.78, 5) is 23.5. The van der Waals surface area contributed by atoms with Gasteiger partial charge in [-0.25, -0.2) is 5.43 Å². The van der Waals surface area contributed by atoms with Gasteiger partial charge in [-0.15, -0.1) is 0 Å². The Kier molecular flexibility index (Phi) is 6.97. The summed E-state index contributed by atoms with van der Waals surface area (Å²) < 4.78 is 0.774. The van der Waals surface area contributed by atoms with Crippen LogP contribution in [-0.2, 0) is 9.59 Å². The van der Waals surface area contributed by atoms with Gasteiger partial charge in [-0.2, -0.15) is 5.10 Å². The van der Waals surface area contributed by atoms with Gasteiger partial charge in [0.05, 0.1) is 6.21 Å². The zero-order chi connectivity index (χ0) is 18.2. The van der Waals surface area contributed by atoms with Gasteiger partial charge in [-0.05, 0) is 36.4 Å². The van der Waals surface area contributed by atoms with E-state index in [-0.39, 0.29) is 24.5 Å². The summed E-state index contributed by atoms with van der Waals surface area (Å²) in [6.07, 6.45) is 1.31. The van der Waals surface area contributed by atoms with Crippen molar-refractivity contribution in [3.8, 4) is 5.75 Å². The molecule has 130 valence electrons. The fourth-order valence-electron chi connectivity index (χ4n) is 1.88. The van der Waals surface area contributed by atoms with Crippen LogP contribution in [0.15, 0.2) is 52.0 Å². The highest BCUT2D eigenvalue weighted by Gasteiger charge is 2.07. The molecule has 0 fully saturated rings. The smallest absolute Gasteiger partial charge is 0.240 e. The van der Waals surface area contributed by atoms with E-state index in [0.717, 1.165) is 4.47 Å². The first-order chi connectivity index (χ1) is 11.9. The normalized spacial score (nSPS) is 10.6. The predicted octanol–water partition coefficient (Wildman–Crippen LogP) is 3.68. The lowest BCUT2D eigenvalue weighted by Crippen LogP contribution is -2.20. The molecular formula is C17H15BrClN3O3. The van der Waals surface area contributed by atoms with Gasteiger partial charge in [0.1, 0.15) is 5.75 Å². The maximum atomic E-state index is 11.8. The van der Waals surface area contributed by atoms with Gasteiger partial charge in [-0.1, -0.05) is 33.6 Å². The molecule has 0 aromatic heterocycles. The predicted molar refractivity (Wildman–Crippen MR) is 101 cm³/mol. The maximum absolute atomic E-state index is 11.8. The standard InChI is InChI=1S/C17H15BrClN3O3/c18-12-4-5-15(23)11(8-12)10-20-22-17(25)7-6-16(24)21-14-3-1-2-13(19)9-14/h1-5,8-10,23H,6-7H2,(H,21,24)(H,22,25). The number of nitrogens with one attached hydrogen (secondary N) is 2. The van der Waals surface area contributed by atoms with Crippen LogP contribution in [-0.4, -0.2) is 23.1 Å². The second-order valence-electron chi connectivity index (χ2n) is 5.05. The molecule has 25 heavy (non-hydrogen) atoms. The number of hydrogen-bond acceptors (Lipinski definition) is 4. The Morgan fingerprint density at radius 3 is 2.68 bits per heavy atom. The number of phenols is 1. The van der Waals surface area contributed by atoms with Gasteiger partial charge >= 0.3 is 0 Å². The van der Waals surface area contributed by atoms with Gasteiger partial charge in [0, 0.05) is 33.6 Å². The highest BCUT2D eigenvalue weighted by atomic mass is 79.9. The first kappa shape index (κ1) is 19.0. The zero-order valence-corrected chi connectivity index (χ0v) is 15.3. The Morgan fingerprint density at radius 2 is 1.92 bits per heavy atom. The van der Waals surface area contributed by atoms with Gasteiger partial charge in [-0.3, -0.25) is 9.59 Å². The molecule has 0 aliphatic rings. The number of nitrogens with zero attached hydrogens (tertiary/aromatic N) is 1. The summed E-state index contributed by atoms with van der Waals surface area (Å²) in [6.45, 7) is 0. The molecule has 0 aliphatic carbocycles. The van der Waals surface area contributed by atoms with Crippen molar-refractivity contribution < 1.29 is 14.7 Å². The molecule has 2 aromatic rings. The molecule has 0 heterocycles. The van der Waals surface area contributed by atoms with E-state index in [1.807, 2.05) is 0 Å². The van der Waals surface area contributed by atoms with E-state index in [1.54, 1.807) is 36.4 Å². The molecule has 0 unspecified atom stereocenters. The highest BCUT2D eigenvalue weighted by Crippen LogP contribution is 2.20. The molecular weight excluding hydrogens is 410 g/mol. The molecule has 0 radical (unpaired) electrons. The number of carbonyl (C=O) groups is 2. The maximum Gasteiger partial charge on any atom is 0.240 e. The van der Waals surface area contributed by atoms with E-state index in [1.165, 1.54) is 12.3 Å². The topological polar surface area (TPSA) is 90.8 Å². The van der Waals surface area contributed by atoms with Crippen molar-refractivity contribution in [1.29, 1.82) is 0 Å². The van der Waals surface area contributed by atoms with Crippen LogP contribution in [0.2, 0.25) is 5.02 Å². The van der Waals surface area contributed by atoms with Gasteiger partial charge in [0.15, 0.2) is 0 Å². The van der Waals surface area contributed by atoms with Crippen molar-refractivity contribution >= 4 is 51.2 Å². The molecule has 0 bridgehead atoms. The lowest BCUT2D eigenvalue weighted by Gasteiger charge is -2.05. The molecule has 2 aromatic carbocycles. The first-order valence-corrected chi connectivity index (χ1v) is 8.47. The average molecular weight is 425 g/mol. The van der Waals surface area contributed by atoms with Crippen LogP contribution in [0.25, 0.3) is 0 Å². The Balaban J connectivity index is 1.77. The van der Waals surface area contributed by atoms with Crippen LogP contribution < -0.4 is 10.7 Å². The van der Waals surface area contributed by atoms with E-state index in [0.29, 0.717) is 16.3 Å². The van der Waals surface area contributed by atoms with Crippen molar-refractivity contribution in [2.24, 2.45) is 5.10 Å². The summed E-state index contributed by atoms with van der Waals surface area (Å²) in [5.74, 6) is -0.667. The minimum atomic E-state index is -0.410. The van der Waals surface area contributed by atoms with Crippen molar-refractivity contribution in [2.45, 2.75) is 12.8 Å². The number of carbonyl (C=O) groups excluding carboxylic acids is 2. The lowest BCUT2D eigenvalue weighted by molar-refractivity contribution is -0.124. The quantitative estimate of drug-likeness (QED) is 0.488. The number of hydrazone groups is 1. The number of phenolic OH excluding ortho intramolecular Hbond substituents is 1. The summed E-state index contributed by atoms with van der Waals surface area (Å²) in [5, 5.41) is 16.6. The third-order valence-corrected chi connectivity index (χ3v) is 3.80. The molecule has 0 aliphatic heterocycles. The van der Waals surface area contributed by atoms with Gasteiger partial charge < -0.3 is 10.4 Å². The molecule has 2 amide bonds. The summed E-state index contributed by atoms with van der Waals surface area (Å²) in [6, 6.07) is 11.6.